The first-order valence-corrected chi connectivity index (χ1v) is 7.01. The summed E-state index contributed by atoms with van der Waals surface area (Å²) >= 11 is 3.38. The third kappa shape index (κ3) is 3.72. The SMILES string of the molecule is COc1ccc(Br)cc1COc1ccc(C)cc1[N+](=O)[O-]. The van der Waals surface area contributed by atoms with Crippen LogP contribution in [0.5, 0.6) is 11.5 Å². The molecule has 0 saturated carbocycles. The van der Waals surface area contributed by atoms with Gasteiger partial charge in [-0.25, -0.2) is 0 Å². The maximum Gasteiger partial charge on any atom is 0.311 e. The van der Waals surface area contributed by atoms with E-state index < -0.39 is 4.92 Å². The third-order valence-electron chi connectivity index (χ3n) is 2.94. The van der Waals surface area contributed by atoms with Gasteiger partial charge < -0.3 is 9.47 Å². The van der Waals surface area contributed by atoms with Gasteiger partial charge in [0.1, 0.15) is 12.4 Å². The van der Waals surface area contributed by atoms with Gasteiger partial charge in [0.25, 0.3) is 0 Å². The van der Waals surface area contributed by atoms with Crippen molar-refractivity contribution < 1.29 is 14.4 Å². The summed E-state index contributed by atoms with van der Waals surface area (Å²) in [5.41, 5.74) is 1.58. The monoisotopic (exact) mass is 351 g/mol. The van der Waals surface area contributed by atoms with Crippen molar-refractivity contribution >= 4 is 21.6 Å². The Balaban J connectivity index is 2.24. The first-order chi connectivity index (χ1) is 10.0. The molecule has 0 bridgehead atoms. The minimum Gasteiger partial charge on any atom is -0.496 e. The summed E-state index contributed by atoms with van der Waals surface area (Å²) in [6.07, 6.45) is 0. The van der Waals surface area contributed by atoms with E-state index in [0.29, 0.717) is 5.75 Å². The van der Waals surface area contributed by atoms with Gasteiger partial charge in [-0.1, -0.05) is 22.0 Å². The molecule has 110 valence electrons. The van der Waals surface area contributed by atoms with Crippen molar-refractivity contribution in [3.63, 3.8) is 0 Å². The number of hydrogen-bond donors (Lipinski definition) is 0. The third-order valence-corrected chi connectivity index (χ3v) is 3.43. The highest BCUT2D eigenvalue weighted by molar-refractivity contribution is 9.10. The average molecular weight is 352 g/mol. The van der Waals surface area contributed by atoms with Gasteiger partial charge in [-0.3, -0.25) is 10.1 Å². The summed E-state index contributed by atoms with van der Waals surface area (Å²) < 4.78 is 11.7. The van der Waals surface area contributed by atoms with Crippen molar-refractivity contribution in [2.24, 2.45) is 0 Å². The summed E-state index contributed by atoms with van der Waals surface area (Å²) in [7, 11) is 1.57. The topological polar surface area (TPSA) is 61.6 Å². The van der Waals surface area contributed by atoms with E-state index in [2.05, 4.69) is 15.9 Å². The standard InChI is InChI=1S/C15H14BrNO4/c1-10-3-5-15(13(7-10)17(18)19)21-9-11-8-12(16)4-6-14(11)20-2/h3-8H,9H2,1-2H3. The number of nitro groups is 1. The molecular weight excluding hydrogens is 338 g/mol. The van der Waals surface area contributed by atoms with Gasteiger partial charge in [0.2, 0.25) is 0 Å². The normalized spacial score (nSPS) is 10.2. The molecule has 0 atom stereocenters. The van der Waals surface area contributed by atoms with Gasteiger partial charge in [0.05, 0.1) is 12.0 Å². The van der Waals surface area contributed by atoms with Crippen LogP contribution in [0.4, 0.5) is 5.69 Å². The van der Waals surface area contributed by atoms with Crippen LogP contribution in [0.3, 0.4) is 0 Å². The molecule has 0 radical (unpaired) electrons. The Kier molecular flexibility index (Phi) is 4.80. The van der Waals surface area contributed by atoms with Crippen molar-refractivity contribution in [2.75, 3.05) is 7.11 Å². The lowest BCUT2D eigenvalue weighted by atomic mass is 10.2. The van der Waals surface area contributed by atoms with Crippen LogP contribution in [0.15, 0.2) is 40.9 Å². The molecule has 2 aromatic rings. The number of methoxy groups -OCH3 is 1. The van der Waals surface area contributed by atoms with Gasteiger partial charge in [0, 0.05) is 16.1 Å². The molecule has 0 amide bonds. The molecule has 0 fully saturated rings. The smallest absolute Gasteiger partial charge is 0.311 e. The number of ether oxygens (including phenoxy) is 2. The van der Waals surface area contributed by atoms with Crippen LogP contribution in [0.1, 0.15) is 11.1 Å². The van der Waals surface area contributed by atoms with Gasteiger partial charge in [-0.15, -0.1) is 0 Å². The van der Waals surface area contributed by atoms with Gasteiger partial charge in [-0.05, 0) is 36.8 Å². The molecule has 6 heteroatoms. The molecule has 0 N–H and O–H groups in total. The van der Waals surface area contributed by atoms with E-state index in [1.807, 2.05) is 18.2 Å². The fourth-order valence-corrected chi connectivity index (χ4v) is 2.32. The van der Waals surface area contributed by atoms with Crippen molar-refractivity contribution in [3.8, 4) is 11.5 Å². The number of nitrogens with zero attached hydrogens (tertiary/aromatic N) is 1. The van der Waals surface area contributed by atoms with Gasteiger partial charge in [0.15, 0.2) is 5.75 Å². The van der Waals surface area contributed by atoms with Crippen LogP contribution in [0.2, 0.25) is 0 Å². The van der Waals surface area contributed by atoms with Crippen molar-refractivity contribution in [2.45, 2.75) is 13.5 Å². The second-order valence-corrected chi connectivity index (χ2v) is 5.39. The molecule has 2 rings (SSSR count). The second kappa shape index (κ2) is 6.58. The number of halogens is 1. The molecule has 21 heavy (non-hydrogen) atoms. The predicted octanol–water partition coefficient (Wildman–Crippen LogP) is 4.25. The molecule has 5 nitrogen and oxygen atoms in total. The number of rotatable bonds is 5. The lowest BCUT2D eigenvalue weighted by Crippen LogP contribution is -2.01. The first-order valence-electron chi connectivity index (χ1n) is 6.21. The minimum atomic E-state index is -0.444. The van der Waals surface area contributed by atoms with Crippen molar-refractivity contribution in [3.05, 3.63) is 62.1 Å². The van der Waals surface area contributed by atoms with Crippen LogP contribution < -0.4 is 9.47 Å². The molecule has 0 saturated heterocycles. The predicted molar refractivity (Wildman–Crippen MR) is 82.9 cm³/mol. The number of benzene rings is 2. The molecule has 2 aromatic carbocycles. The Bertz CT molecular complexity index is 673. The fraction of sp³-hybridized carbons (Fsp3) is 0.200. The number of nitro benzene ring substituents is 1. The summed E-state index contributed by atoms with van der Waals surface area (Å²) in [6, 6.07) is 10.4. The van der Waals surface area contributed by atoms with E-state index in [4.69, 9.17) is 9.47 Å². The maximum atomic E-state index is 11.1. The minimum absolute atomic E-state index is 0.0380. The largest absolute Gasteiger partial charge is 0.496 e. The van der Waals surface area contributed by atoms with E-state index in [1.165, 1.54) is 6.07 Å². The Morgan fingerprint density at radius 2 is 1.90 bits per heavy atom. The van der Waals surface area contributed by atoms with Crippen LogP contribution in [0.25, 0.3) is 0 Å². The Hall–Kier alpha value is -2.08. The Morgan fingerprint density at radius 1 is 1.19 bits per heavy atom. The van der Waals surface area contributed by atoms with E-state index >= 15 is 0 Å². The summed E-state index contributed by atoms with van der Waals surface area (Å²) in [6.45, 7) is 1.99. The maximum absolute atomic E-state index is 11.1. The lowest BCUT2D eigenvalue weighted by Gasteiger charge is -2.11. The highest BCUT2D eigenvalue weighted by atomic mass is 79.9. The van der Waals surface area contributed by atoms with Crippen molar-refractivity contribution in [1.29, 1.82) is 0 Å². The summed E-state index contributed by atoms with van der Waals surface area (Å²) in [5, 5.41) is 11.1. The van der Waals surface area contributed by atoms with E-state index in [0.717, 1.165) is 15.6 Å². The number of aryl methyl sites for hydroxylation is 1. The van der Waals surface area contributed by atoms with E-state index in [9.17, 15) is 10.1 Å². The van der Waals surface area contributed by atoms with E-state index in [-0.39, 0.29) is 18.0 Å². The highest BCUT2D eigenvalue weighted by Crippen LogP contribution is 2.30. The quantitative estimate of drug-likeness (QED) is 0.596. The van der Waals surface area contributed by atoms with Crippen LogP contribution in [0, 0.1) is 17.0 Å². The fourth-order valence-electron chi connectivity index (χ4n) is 1.91. The van der Waals surface area contributed by atoms with E-state index in [1.54, 1.807) is 26.2 Å². The molecule has 0 aromatic heterocycles. The highest BCUT2D eigenvalue weighted by Gasteiger charge is 2.16. The Morgan fingerprint density at radius 3 is 2.57 bits per heavy atom. The van der Waals surface area contributed by atoms with Crippen LogP contribution in [-0.4, -0.2) is 12.0 Å². The zero-order valence-electron chi connectivity index (χ0n) is 11.6. The van der Waals surface area contributed by atoms with Crippen molar-refractivity contribution in [1.82, 2.24) is 0 Å². The molecule has 0 heterocycles. The molecule has 0 spiro atoms. The second-order valence-electron chi connectivity index (χ2n) is 4.47. The average Bonchev–Trinajstić information content (AvgIpc) is 2.46. The zero-order valence-corrected chi connectivity index (χ0v) is 13.2. The molecule has 0 aliphatic carbocycles. The summed E-state index contributed by atoms with van der Waals surface area (Å²) in [4.78, 5) is 10.6. The Labute approximate surface area is 130 Å². The lowest BCUT2D eigenvalue weighted by molar-refractivity contribution is -0.386. The van der Waals surface area contributed by atoms with Crippen LogP contribution in [-0.2, 0) is 6.61 Å². The van der Waals surface area contributed by atoms with Gasteiger partial charge >= 0.3 is 5.69 Å². The summed E-state index contributed by atoms with van der Waals surface area (Å²) in [5.74, 6) is 0.917. The molecule has 0 unspecified atom stereocenters. The number of hydrogen-bond acceptors (Lipinski definition) is 4. The zero-order chi connectivity index (χ0) is 15.4. The first kappa shape index (κ1) is 15.3. The van der Waals surface area contributed by atoms with Gasteiger partial charge in [-0.2, -0.15) is 0 Å². The van der Waals surface area contributed by atoms with Crippen LogP contribution >= 0.6 is 15.9 Å². The molecule has 0 aliphatic heterocycles. The molecular formula is C15H14BrNO4. The molecule has 0 aliphatic rings.